The van der Waals surface area contributed by atoms with Crippen molar-refractivity contribution in [2.75, 3.05) is 26.0 Å². The number of aromatic nitrogens is 2. The van der Waals surface area contributed by atoms with Crippen molar-refractivity contribution in [2.24, 2.45) is 0 Å². The quantitative estimate of drug-likeness (QED) is 0.563. The minimum atomic E-state index is -3.55. The summed E-state index contributed by atoms with van der Waals surface area (Å²) in [4.78, 5) is 31.2. The van der Waals surface area contributed by atoms with Crippen LogP contribution < -0.4 is 15.6 Å². The summed E-state index contributed by atoms with van der Waals surface area (Å²) < 4.78 is 31.2. The number of anilines is 1. The summed E-state index contributed by atoms with van der Waals surface area (Å²) in [6.45, 7) is 3.18. The Morgan fingerprint density at radius 1 is 1.12 bits per heavy atom. The highest BCUT2D eigenvalue weighted by Gasteiger charge is 2.18. The van der Waals surface area contributed by atoms with Gasteiger partial charge >= 0.3 is 0 Å². The summed E-state index contributed by atoms with van der Waals surface area (Å²) in [7, 11) is -0.631. The van der Waals surface area contributed by atoms with E-state index in [0.717, 1.165) is 4.31 Å². The highest BCUT2D eigenvalue weighted by Crippen LogP contribution is 2.23. The van der Waals surface area contributed by atoms with Crippen LogP contribution in [0.4, 0.5) is 5.69 Å². The fraction of sp³-hybridized carbons (Fsp3) is 0.227. The summed E-state index contributed by atoms with van der Waals surface area (Å²) in [5.41, 5.74) is 2.10. The Labute approximate surface area is 186 Å². The lowest BCUT2D eigenvalue weighted by atomic mass is 10.2. The highest BCUT2D eigenvalue weighted by atomic mass is 32.2. The number of benzene rings is 2. The van der Waals surface area contributed by atoms with Gasteiger partial charge in [0, 0.05) is 37.1 Å². The van der Waals surface area contributed by atoms with E-state index < -0.39 is 15.9 Å². The number of carbonyl (C=O) groups excluding carboxylic acids is 1. The number of hydrogen-bond donors (Lipinski definition) is 2. The minimum Gasteiger partial charge on any atom is -0.483 e. The van der Waals surface area contributed by atoms with Gasteiger partial charge < -0.3 is 15.0 Å². The van der Waals surface area contributed by atoms with E-state index in [-0.39, 0.29) is 17.1 Å². The van der Waals surface area contributed by atoms with Gasteiger partial charge in [0.25, 0.3) is 11.5 Å². The van der Waals surface area contributed by atoms with E-state index in [1.54, 1.807) is 38.1 Å². The van der Waals surface area contributed by atoms with Gasteiger partial charge in [0.15, 0.2) is 6.61 Å². The number of aryl methyl sites for hydroxylation is 2. The summed E-state index contributed by atoms with van der Waals surface area (Å²) >= 11 is 0. The standard InChI is InChI=1S/C22H24N4O5S/c1-14-10-18(32(29,30)26(3)4)8-9-19(14)31-13-21(28)24-17-7-5-6-16(12-17)22-23-15(2)11-20(27)25-22/h5-12H,13H2,1-4H3,(H,24,28)(H,23,25,27). The first kappa shape index (κ1) is 23.2. The molecule has 0 spiro atoms. The zero-order chi connectivity index (χ0) is 23.5. The van der Waals surface area contributed by atoms with Crippen molar-refractivity contribution >= 4 is 21.6 Å². The van der Waals surface area contributed by atoms with Crippen molar-refractivity contribution in [1.82, 2.24) is 14.3 Å². The Morgan fingerprint density at radius 2 is 1.88 bits per heavy atom. The van der Waals surface area contributed by atoms with Crippen LogP contribution in [0.3, 0.4) is 0 Å². The number of nitrogens with one attached hydrogen (secondary N) is 2. The molecule has 3 rings (SSSR count). The smallest absolute Gasteiger partial charge is 0.262 e. The summed E-state index contributed by atoms with van der Waals surface area (Å²) in [5, 5.41) is 2.74. The molecule has 10 heteroatoms. The third-order valence-electron chi connectivity index (χ3n) is 4.57. The van der Waals surface area contributed by atoms with E-state index in [2.05, 4.69) is 15.3 Å². The Morgan fingerprint density at radius 3 is 2.53 bits per heavy atom. The molecule has 1 heterocycles. The van der Waals surface area contributed by atoms with Crippen LogP contribution in [-0.4, -0.2) is 49.3 Å². The van der Waals surface area contributed by atoms with Crippen molar-refractivity contribution in [3.05, 3.63) is 70.1 Å². The van der Waals surface area contributed by atoms with Crippen molar-refractivity contribution in [3.8, 4) is 17.1 Å². The molecule has 32 heavy (non-hydrogen) atoms. The van der Waals surface area contributed by atoms with Crippen LogP contribution in [-0.2, 0) is 14.8 Å². The van der Waals surface area contributed by atoms with Gasteiger partial charge in [-0.3, -0.25) is 9.59 Å². The van der Waals surface area contributed by atoms with E-state index in [1.807, 2.05) is 0 Å². The second-order valence-electron chi connectivity index (χ2n) is 7.37. The molecule has 168 valence electrons. The van der Waals surface area contributed by atoms with Gasteiger partial charge in [-0.1, -0.05) is 12.1 Å². The fourth-order valence-electron chi connectivity index (χ4n) is 2.96. The lowest BCUT2D eigenvalue weighted by Crippen LogP contribution is -2.22. The van der Waals surface area contributed by atoms with Crippen molar-refractivity contribution in [3.63, 3.8) is 0 Å². The molecular weight excluding hydrogens is 432 g/mol. The monoisotopic (exact) mass is 456 g/mol. The number of ether oxygens (including phenoxy) is 1. The first-order chi connectivity index (χ1) is 15.1. The molecule has 2 N–H and O–H groups in total. The van der Waals surface area contributed by atoms with Gasteiger partial charge in [0.05, 0.1) is 4.90 Å². The Bertz CT molecular complexity index is 1320. The van der Waals surface area contributed by atoms with Crippen LogP contribution in [0.2, 0.25) is 0 Å². The first-order valence-corrected chi connectivity index (χ1v) is 11.1. The van der Waals surface area contributed by atoms with Crippen LogP contribution in [0.25, 0.3) is 11.4 Å². The zero-order valence-electron chi connectivity index (χ0n) is 18.2. The van der Waals surface area contributed by atoms with E-state index in [1.165, 1.54) is 38.4 Å². The Hall–Kier alpha value is -3.50. The topological polar surface area (TPSA) is 121 Å². The average molecular weight is 457 g/mol. The van der Waals surface area contributed by atoms with Crippen LogP contribution in [0, 0.1) is 13.8 Å². The molecule has 0 unspecified atom stereocenters. The van der Waals surface area contributed by atoms with Gasteiger partial charge in [-0.05, 0) is 49.7 Å². The second-order valence-corrected chi connectivity index (χ2v) is 9.52. The number of nitrogens with zero attached hydrogens (tertiary/aromatic N) is 2. The molecule has 1 amide bonds. The molecule has 0 aliphatic rings. The minimum absolute atomic E-state index is 0.149. The molecule has 3 aromatic rings. The molecular formula is C22H24N4O5S. The maximum absolute atomic E-state index is 12.4. The number of rotatable bonds is 7. The van der Waals surface area contributed by atoms with Crippen molar-refractivity contribution in [2.45, 2.75) is 18.7 Å². The summed E-state index contributed by atoms with van der Waals surface area (Å²) in [5.74, 6) is 0.427. The summed E-state index contributed by atoms with van der Waals surface area (Å²) in [6.07, 6.45) is 0. The largest absolute Gasteiger partial charge is 0.483 e. The van der Waals surface area contributed by atoms with Crippen LogP contribution in [0.5, 0.6) is 5.75 Å². The highest BCUT2D eigenvalue weighted by molar-refractivity contribution is 7.89. The first-order valence-electron chi connectivity index (χ1n) is 9.70. The van der Waals surface area contributed by atoms with E-state index >= 15 is 0 Å². The molecule has 0 saturated carbocycles. The predicted octanol–water partition coefficient (Wildman–Crippen LogP) is 2.32. The van der Waals surface area contributed by atoms with Crippen LogP contribution >= 0.6 is 0 Å². The Balaban J connectivity index is 1.67. The number of sulfonamides is 1. The van der Waals surface area contributed by atoms with E-state index in [0.29, 0.717) is 34.1 Å². The molecule has 1 aromatic heterocycles. The van der Waals surface area contributed by atoms with Crippen LogP contribution in [0.1, 0.15) is 11.3 Å². The molecule has 0 aliphatic heterocycles. The molecule has 0 bridgehead atoms. The SMILES string of the molecule is Cc1cc(=O)[nH]c(-c2cccc(NC(=O)COc3ccc(S(=O)(=O)N(C)C)cc3C)c2)n1. The van der Waals surface area contributed by atoms with Gasteiger partial charge in [-0.2, -0.15) is 0 Å². The summed E-state index contributed by atoms with van der Waals surface area (Å²) in [6, 6.07) is 12.8. The van der Waals surface area contributed by atoms with Gasteiger partial charge in [0.1, 0.15) is 11.6 Å². The zero-order valence-corrected chi connectivity index (χ0v) is 19.0. The predicted molar refractivity (Wildman–Crippen MR) is 121 cm³/mol. The number of H-pyrrole nitrogens is 1. The fourth-order valence-corrected chi connectivity index (χ4v) is 3.94. The van der Waals surface area contributed by atoms with Gasteiger partial charge in [0.2, 0.25) is 10.0 Å². The van der Waals surface area contributed by atoms with Gasteiger partial charge in [-0.25, -0.2) is 17.7 Å². The van der Waals surface area contributed by atoms with Crippen molar-refractivity contribution in [1.29, 1.82) is 0 Å². The molecule has 0 fully saturated rings. The lowest BCUT2D eigenvalue weighted by Gasteiger charge is -2.14. The Kier molecular flexibility index (Phi) is 6.75. The maximum Gasteiger partial charge on any atom is 0.262 e. The maximum atomic E-state index is 12.4. The molecule has 0 radical (unpaired) electrons. The normalized spacial score (nSPS) is 11.4. The third kappa shape index (κ3) is 5.40. The third-order valence-corrected chi connectivity index (χ3v) is 6.38. The second kappa shape index (κ2) is 9.33. The number of aromatic amines is 1. The van der Waals surface area contributed by atoms with Crippen molar-refractivity contribution < 1.29 is 17.9 Å². The lowest BCUT2D eigenvalue weighted by molar-refractivity contribution is -0.118. The van der Waals surface area contributed by atoms with E-state index in [9.17, 15) is 18.0 Å². The number of hydrogen-bond acceptors (Lipinski definition) is 6. The van der Waals surface area contributed by atoms with Gasteiger partial charge in [-0.15, -0.1) is 0 Å². The molecule has 0 aliphatic carbocycles. The average Bonchev–Trinajstić information content (AvgIpc) is 2.72. The molecule has 0 saturated heterocycles. The molecule has 2 aromatic carbocycles. The molecule has 0 atom stereocenters. The number of carbonyl (C=O) groups is 1. The number of amides is 1. The van der Waals surface area contributed by atoms with E-state index in [4.69, 9.17) is 4.74 Å². The van der Waals surface area contributed by atoms with Crippen LogP contribution in [0.15, 0.2) is 58.2 Å². The molecule has 9 nitrogen and oxygen atoms in total.